The van der Waals surface area contributed by atoms with Gasteiger partial charge in [-0.05, 0) is 26.0 Å². The van der Waals surface area contributed by atoms with Crippen molar-refractivity contribution < 1.29 is 14.7 Å². The second-order valence-electron chi connectivity index (χ2n) is 4.07. The van der Waals surface area contributed by atoms with Crippen LogP contribution in [-0.2, 0) is 4.79 Å². The lowest BCUT2D eigenvalue weighted by Gasteiger charge is -2.07. The summed E-state index contributed by atoms with van der Waals surface area (Å²) < 4.78 is 0.651. The van der Waals surface area contributed by atoms with Crippen LogP contribution >= 0.6 is 34.3 Å². The number of hydrogen-bond donors (Lipinski definition) is 2. The van der Waals surface area contributed by atoms with Crippen molar-refractivity contribution in [2.24, 2.45) is 0 Å². The lowest BCUT2D eigenvalue weighted by Crippen LogP contribution is -2.38. The number of nitrogens with one attached hydrogen (secondary N) is 1. The summed E-state index contributed by atoms with van der Waals surface area (Å²) in [4.78, 5) is 28.4. The average Bonchev–Trinajstić information content (AvgIpc) is 2.95. The molecule has 0 aromatic carbocycles. The minimum Gasteiger partial charge on any atom is -0.480 e. The summed E-state index contributed by atoms with van der Waals surface area (Å²) in [7, 11) is 0. The molecule has 0 fully saturated rings. The topological polar surface area (TPSA) is 79.3 Å². The highest BCUT2D eigenvalue weighted by Crippen LogP contribution is 2.34. The third-order valence-electron chi connectivity index (χ3n) is 2.50. The van der Waals surface area contributed by atoms with Crippen LogP contribution in [0.4, 0.5) is 0 Å². The van der Waals surface area contributed by atoms with Crippen LogP contribution in [0.5, 0.6) is 0 Å². The highest BCUT2D eigenvalue weighted by atomic mass is 35.5. The van der Waals surface area contributed by atoms with Gasteiger partial charge in [0.2, 0.25) is 0 Å². The zero-order chi connectivity index (χ0) is 14.9. The van der Waals surface area contributed by atoms with Crippen LogP contribution in [0.1, 0.15) is 22.3 Å². The minimum absolute atomic E-state index is 0.414. The van der Waals surface area contributed by atoms with E-state index >= 15 is 0 Å². The van der Waals surface area contributed by atoms with Gasteiger partial charge in [-0.1, -0.05) is 11.6 Å². The van der Waals surface area contributed by atoms with Crippen LogP contribution in [-0.4, -0.2) is 28.0 Å². The maximum atomic E-state index is 12.0. The van der Waals surface area contributed by atoms with Crippen molar-refractivity contribution in [3.8, 4) is 9.88 Å². The fraction of sp³-hybridized carbons (Fsp3) is 0.250. The quantitative estimate of drug-likeness (QED) is 0.903. The van der Waals surface area contributed by atoms with Gasteiger partial charge in [0.25, 0.3) is 5.91 Å². The Labute approximate surface area is 128 Å². The summed E-state index contributed by atoms with van der Waals surface area (Å²) in [6.07, 6.45) is 0. The molecular weight excluding hydrogens is 320 g/mol. The van der Waals surface area contributed by atoms with Gasteiger partial charge in [-0.25, -0.2) is 4.98 Å². The number of aromatic nitrogens is 1. The second-order valence-corrected chi connectivity index (χ2v) is 6.78. The Morgan fingerprint density at radius 3 is 2.65 bits per heavy atom. The number of nitrogens with zero attached hydrogens (tertiary/aromatic N) is 1. The molecule has 0 spiro atoms. The van der Waals surface area contributed by atoms with Gasteiger partial charge in [-0.2, -0.15) is 0 Å². The molecule has 2 N–H and O–H groups in total. The molecule has 2 heterocycles. The lowest BCUT2D eigenvalue weighted by molar-refractivity contribution is -0.138. The van der Waals surface area contributed by atoms with Crippen LogP contribution in [0.3, 0.4) is 0 Å². The summed E-state index contributed by atoms with van der Waals surface area (Å²) in [6, 6.07) is 2.67. The number of thiazole rings is 1. The predicted molar refractivity (Wildman–Crippen MR) is 79.7 cm³/mol. The number of carboxylic acids is 1. The number of carbonyl (C=O) groups is 2. The van der Waals surface area contributed by atoms with E-state index in [1.165, 1.54) is 29.6 Å². The van der Waals surface area contributed by atoms with Crippen molar-refractivity contribution in [1.82, 2.24) is 10.3 Å². The van der Waals surface area contributed by atoms with Gasteiger partial charge >= 0.3 is 5.97 Å². The molecule has 5 nitrogen and oxygen atoms in total. The largest absolute Gasteiger partial charge is 0.480 e. The number of halogens is 1. The van der Waals surface area contributed by atoms with Gasteiger partial charge in [-0.15, -0.1) is 22.7 Å². The van der Waals surface area contributed by atoms with Crippen molar-refractivity contribution >= 4 is 46.2 Å². The van der Waals surface area contributed by atoms with Gasteiger partial charge in [0.1, 0.15) is 15.9 Å². The first kappa shape index (κ1) is 15.0. The van der Waals surface area contributed by atoms with E-state index in [0.717, 1.165) is 4.88 Å². The van der Waals surface area contributed by atoms with Gasteiger partial charge in [0.05, 0.1) is 14.9 Å². The summed E-state index contributed by atoms with van der Waals surface area (Å²) in [5, 5.41) is 11.9. The number of carboxylic acid groups (broad SMARTS) is 1. The lowest BCUT2D eigenvalue weighted by atomic mass is 10.3. The summed E-state index contributed by atoms with van der Waals surface area (Å²) in [5.74, 6) is -1.51. The van der Waals surface area contributed by atoms with E-state index < -0.39 is 17.9 Å². The monoisotopic (exact) mass is 330 g/mol. The van der Waals surface area contributed by atoms with Crippen LogP contribution in [0, 0.1) is 6.92 Å². The highest BCUT2D eigenvalue weighted by Gasteiger charge is 2.20. The molecule has 2 rings (SSSR count). The van der Waals surface area contributed by atoms with E-state index in [-0.39, 0.29) is 0 Å². The molecule has 2 aromatic rings. The molecule has 0 saturated carbocycles. The van der Waals surface area contributed by atoms with Crippen LogP contribution in [0.25, 0.3) is 9.88 Å². The normalized spacial score (nSPS) is 12.2. The number of thiophene rings is 1. The molecule has 1 amide bonds. The van der Waals surface area contributed by atoms with Crippen LogP contribution in [0.15, 0.2) is 12.1 Å². The minimum atomic E-state index is -1.08. The molecule has 8 heteroatoms. The molecule has 0 aliphatic heterocycles. The Kier molecular flexibility index (Phi) is 4.42. The molecule has 0 radical (unpaired) electrons. The molecule has 0 unspecified atom stereocenters. The molecule has 20 heavy (non-hydrogen) atoms. The Morgan fingerprint density at radius 1 is 1.40 bits per heavy atom. The van der Waals surface area contributed by atoms with E-state index in [2.05, 4.69) is 10.3 Å². The third-order valence-corrected chi connectivity index (χ3v) is 5.06. The highest BCUT2D eigenvalue weighted by molar-refractivity contribution is 7.24. The van der Waals surface area contributed by atoms with Gasteiger partial charge in [-0.3, -0.25) is 9.59 Å². The summed E-state index contributed by atoms with van der Waals surface area (Å²) in [5.41, 5.74) is 0.574. The zero-order valence-electron chi connectivity index (χ0n) is 10.6. The number of aliphatic carboxylic acids is 1. The summed E-state index contributed by atoms with van der Waals surface area (Å²) in [6.45, 7) is 3.13. The van der Waals surface area contributed by atoms with Crippen molar-refractivity contribution in [1.29, 1.82) is 0 Å². The molecule has 1 atom stereocenters. The molecule has 0 bridgehead atoms. The van der Waals surface area contributed by atoms with Gasteiger partial charge in [0.15, 0.2) is 0 Å². The molecule has 0 saturated heterocycles. The molecular formula is C12H11ClN2O3S2. The van der Waals surface area contributed by atoms with Gasteiger partial charge < -0.3 is 10.4 Å². The second kappa shape index (κ2) is 5.90. The Hall–Kier alpha value is -1.44. The first-order valence-corrected chi connectivity index (χ1v) is 7.66. The fourth-order valence-corrected chi connectivity index (χ4v) is 3.53. The van der Waals surface area contributed by atoms with Gasteiger partial charge in [0, 0.05) is 0 Å². The first-order chi connectivity index (χ1) is 9.38. The smallest absolute Gasteiger partial charge is 0.325 e. The van der Waals surface area contributed by atoms with E-state index in [9.17, 15) is 9.59 Å². The van der Waals surface area contributed by atoms with E-state index in [0.29, 0.717) is 19.9 Å². The molecule has 0 aliphatic carbocycles. The van der Waals surface area contributed by atoms with E-state index in [1.807, 2.05) is 6.07 Å². The average molecular weight is 331 g/mol. The molecule has 2 aromatic heterocycles. The number of rotatable bonds is 4. The van der Waals surface area contributed by atoms with E-state index in [1.54, 1.807) is 13.0 Å². The number of hydrogen-bond acceptors (Lipinski definition) is 5. The standard InChI is InChI=1S/C12H11ClN2O3S2/c1-5-9(10(16)14-6(2)12(17)18)20-11(15-5)7-3-4-8(13)19-7/h3-4,6H,1-2H3,(H,14,16)(H,17,18)/t6-/m1/s1. The molecule has 106 valence electrons. The van der Waals surface area contributed by atoms with Crippen molar-refractivity contribution in [3.05, 3.63) is 27.0 Å². The summed E-state index contributed by atoms with van der Waals surface area (Å²) >= 11 is 8.48. The Morgan fingerprint density at radius 2 is 2.10 bits per heavy atom. The fourth-order valence-electron chi connectivity index (χ4n) is 1.47. The van der Waals surface area contributed by atoms with Crippen LogP contribution < -0.4 is 5.32 Å². The number of amides is 1. The van der Waals surface area contributed by atoms with Crippen molar-refractivity contribution in [2.75, 3.05) is 0 Å². The van der Waals surface area contributed by atoms with Crippen molar-refractivity contribution in [3.63, 3.8) is 0 Å². The first-order valence-electron chi connectivity index (χ1n) is 5.65. The van der Waals surface area contributed by atoms with Crippen LogP contribution in [0.2, 0.25) is 4.34 Å². The van der Waals surface area contributed by atoms with Crippen molar-refractivity contribution in [2.45, 2.75) is 19.9 Å². The Balaban J connectivity index is 2.23. The van der Waals surface area contributed by atoms with E-state index in [4.69, 9.17) is 16.7 Å². The molecule has 0 aliphatic rings. The third kappa shape index (κ3) is 3.17. The number of carbonyl (C=O) groups excluding carboxylic acids is 1. The Bertz CT molecular complexity index is 665. The maximum absolute atomic E-state index is 12.0. The zero-order valence-corrected chi connectivity index (χ0v) is 13.0. The maximum Gasteiger partial charge on any atom is 0.325 e. The predicted octanol–water partition coefficient (Wildman–Crippen LogP) is 3.04. The SMILES string of the molecule is Cc1nc(-c2ccc(Cl)s2)sc1C(=O)N[C@H](C)C(=O)O. The number of aryl methyl sites for hydroxylation is 1.